The zero-order valence-electron chi connectivity index (χ0n) is 7.54. The summed E-state index contributed by atoms with van der Waals surface area (Å²) in [6.07, 6.45) is 4.36. The van der Waals surface area contributed by atoms with E-state index in [1.807, 2.05) is 0 Å². The van der Waals surface area contributed by atoms with Crippen LogP contribution in [0.1, 0.15) is 5.56 Å². The summed E-state index contributed by atoms with van der Waals surface area (Å²) in [7, 11) is 0. The zero-order valence-corrected chi connectivity index (χ0v) is 8.29. The Morgan fingerprint density at radius 2 is 2.33 bits per heavy atom. The fourth-order valence-corrected chi connectivity index (χ4v) is 1.16. The van der Waals surface area contributed by atoms with E-state index in [9.17, 15) is 4.39 Å². The van der Waals surface area contributed by atoms with Gasteiger partial charge in [-0.25, -0.2) is 9.37 Å². The van der Waals surface area contributed by atoms with Crippen molar-refractivity contribution >= 4 is 17.4 Å². The van der Waals surface area contributed by atoms with Crippen molar-refractivity contribution < 1.29 is 4.39 Å². The van der Waals surface area contributed by atoms with Gasteiger partial charge in [0.2, 0.25) is 5.28 Å². The molecule has 0 saturated heterocycles. The molecule has 2 aromatic rings. The van der Waals surface area contributed by atoms with Crippen molar-refractivity contribution in [1.82, 2.24) is 20.2 Å². The van der Waals surface area contributed by atoms with Crippen molar-refractivity contribution in [3.63, 3.8) is 0 Å². The van der Waals surface area contributed by atoms with Crippen LogP contribution in [0.25, 0.3) is 0 Å². The van der Waals surface area contributed by atoms with E-state index in [2.05, 4.69) is 25.5 Å². The molecular formula is C8H7ClFN5. The van der Waals surface area contributed by atoms with Crippen molar-refractivity contribution in [1.29, 1.82) is 0 Å². The number of rotatable bonds is 3. The van der Waals surface area contributed by atoms with Gasteiger partial charge in [0.15, 0.2) is 11.6 Å². The highest BCUT2D eigenvalue weighted by Crippen LogP contribution is 2.12. The van der Waals surface area contributed by atoms with E-state index >= 15 is 0 Å². The highest BCUT2D eigenvalue weighted by atomic mass is 35.5. The summed E-state index contributed by atoms with van der Waals surface area (Å²) in [5.41, 5.74) is 0.893. The van der Waals surface area contributed by atoms with Gasteiger partial charge in [0, 0.05) is 18.3 Å². The molecule has 0 unspecified atom stereocenters. The molecule has 0 radical (unpaired) electrons. The molecule has 0 amide bonds. The lowest BCUT2D eigenvalue weighted by Gasteiger charge is -2.04. The second-order valence-corrected chi connectivity index (χ2v) is 3.13. The van der Waals surface area contributed by atoms with Gasteiger partial charge in [-0.2, -0.15) is 10.1 Å². The lowest BCUT2D eigenvalue weighted by Crippen LogP contribution is -2.03. The molecule has 0 saturated carbocycles. The predicted octanol–water partition coefficient (Wildman–Crippen LogP) is 1.60. The molecule has 5 nitrogen and oxygen atoms in total. The predicted molar refractivity (Wildman–Crippen MR) is 52.9 cm³/mol. The lowest BCUT2D eigenvalue weighted by molar-refractivity contribution is 0.616. The van der Waals surface area contributed by atoms with Gasteiger partial charge in [-0.15, -0.1) is 0 Å². The van der Waals surface area contributed by atoms with Crippen LogP contribution in [0.2, 0.25) is 5.28 Å². The first kappa shape index (κ1) is 9.85. The third-order valence-corrected chi connectivity index (χ3v) is 1.91. The van der Waals surface area contributed by atoms with Crippen molar-refractivity contribution in [3.05, 3.63) is 35.3 Å². The highest BCUT2D eigenvalue weighted by molar-refractivity contribution is 6.28. The van der Waals surface area contributed by atoms with Crippen molar-refractivity contribution in [2.75, 3.05) is 5.32 Å². The van der Waals surface area contributed by atoms with Crippen molar-refractivity contribution in [2.24, 2.45) is 0 Å². The van der Waals surface area contributed by atoms with Gasteiger partial charge in [-0.3, -0.25) is 5.10 Å². The minimum Gasteiger partial charge on any atom is -0.363 e. The molecular weight excluding hydrogens is 221 g/mol. The Balaban J connectivity index is 2.07. The number of aromatic amines is 1. The Hall–Kier alpha value is -1.69. The highest BCUT2D eigenvalue weighted by Gasteiger charge is 2.05. The minimum atomic E-state index is -0.539. The Bertz CT molecular complexity index is 444. The molecule has 0 spiro atoms. The SMILES string of the molecule is Fc1cnc(Cl)nc1NCc1cn[nH]c1. The molecule has 0 aliphatic carbocycles. The van der Waals surface area contributed by atoms with Crippen LogP contribution in [0, 0.1) is 5.82 Å². The van der Waals surface area contributed by atoms with Gasteiger partial charge in [0.1, 0.15) is 0 Å². The number of nitrogens with zero attached hydrogens (tertiary/aromatic N) is 3. The molecule has 0 aromatic carbocycles. The van der Waals surface area contributed by atoms with Crippen LogP contribution >= 0.6 is 11.6 Å². The largest absolute Gasteiger partial charge is 0.363 e. The van der Waals surface area contributed by atoms with Crippen LogP contribution in [0.15, 0.2) is 18.6 Å². The normalized spacial score (nSPS) is 10.3. The summed E-state index contributed by atoms with van der Waals surface area (Å²) in [5.74, 6) is -0.459. The number of halogens is 2. The second kappa shape index (κ2) is 4.22. The van der Waals surface area contributed by atoms with E-state index in [0.717, 1.165) is 11.8 Å². The van der Waals surface area contributed by atoms with Crippen molar-refractivity contribution in [2.45, 2.75) is 6.54 Å². The monoisotopic (exact) mass is 227 g/mol. The van der Waals surface area contributed by atoms with Crippen LogP contribution in [-0.4, -0.2) is 20.2 Å². The van der Waals surface area contributed by atoms with Gasteiger partial charge in [-0.05, 0) is 11.6 Å². The third kappa shape index (κ3) is 2.41. The standard InChI is InChI=1S/C8H7ClFN5/c9-8-12-4-6(10)7(15-8)11-1-5-2-13-14-3-5/h2-4H,1H2,(H,13,14)(H,11,12,15). The average molecular weight is 228 g/mol. The molecule has 2 N–H and O–H groups in total. The molecule has 7 heteroatoms. The van der Waals surface area contributed by atoms with E-state index in [1.54, 1.807) is 12.4 Å². The van der Waals surface area contributed by atoms with Gasteiger partial charge in [0.05, 0.1) is 12.4 Å². The minimum absolute atomic E-state index is 0.00564. The number of aromatic nitrogens is 4. The Morgan fingerprint density at radius 3 is 3.07 bits per heavy atom. The van der Waals surface area contributed by atoms with Gasteiger partial charge in [-0.1, -0.05) is 0 Å². The summed E-state index contributed by atoms with van der Waals surface area (Å²) in [6.45, 7) is 0.417. The fraction of sp³-hybridized carbons (Fsp3) is 0.125. The number of hydrogen-bond acceptors (Lipinski definition) is 4. The van der Waals surface area contributed by atoms with Crippen LogP contribution < -0.4 is 5.32 Å². The molecule has 2 rings (SSSR count). The van der Waals surface area contributed by atoms with E-state index in [1.165, 1.54) is 0 Å². The maximum Gasteiger partial charge on any atom is 0.224 e. The molecule has 0 atom stereocenters. The summed E-state index contributed by atoms with van der Waals surface area (Å²) >= 11 is 5.53. The van der Waals surface area contributed by atoms with Crippen LogP contribution in [0.4, 0.5) is 10.2 Å². The van der Waals surface area contributed by atoms with E-state index in [4.69, 9.17) is 11.6 Å². The number of hydrogen-bond donors (Lipinski definition) is 2. The Labute approximate surface area is 89.7 Å². The van der Waals surface area contributed by atoms with E-state index in [-0.39, 0.29) is 11.1 Å². The van der Waals surface area contributed by atoms with Crippen molar-refractivity contribution in [3.8, 4) is 0 Å². The first-order valence-electron chi connectivity index (χ1n) is 4.15. The molecule has 0 aliphatic heterocycles. The smallest absolute Gasteiger partial charge is 0.224 e. The maximum absolute atomic E-state index is 13.1. The van der Waals surface area contributed by atoms with E-state index < -0.39 is 5.82 Å². The molecule has 2 aromatic heterocycles. The molecule has 0 bridgehead atoms. The molecule has 0 fully saturated rings. The Kier molecular flexibility index (Phi) is 2.77. The number of nitrogens with one attached hydrogen (secondary N) is 2. The second-order valence-electron chi connectivity index (χ2n) is 2.80. The third-order valence-electron chi connectivity index (χ3n) is 1.73. The van der Waals surface area contributed by atoms with Gasteiger partial charge >= 0.3 is 0 Å². The first-order chi connectivity index (χ1) is 7.25. The van der Waals surface area contributed by atoms with Crippen LogP contribution in [-0.2, 0) is 6.54 Å². The number of H-pyrrole nitrogens is 1. The van der Waals surface area contributed by atoms with Gasteiger partial charge < -0.3 is 5.32 Å². The topological polar surface area (TPSA) is 66.5 Å². The summed E-state index contributed by atoms with van der Waals surface area (Å²) in [4.78, 5) is 7.21. The maximum atomic E-state index is 13.1. The quantitative estimate of drug-likeness (QED) is 0.782. The lowest BCUT2D eigenvalue weighted by atomic mass is 10.3. The summed E-state index contributed by atoms with van der Waals surface area (Å²) < 4.78 is 13.1. The fourth-order valence-electron chi connectivity index (χ4n) is 1.03. The Morgan fingerprint density at radius 1 is 1.47 bits per heavy atom. The van der Waals surface area contributed by atoms with Crippen LogP contribution in [0.5, 0.6) is 0 Å². The molecule has 15 heavy (non-hydrogen) atoms. The van der Waals surface area contributed by atoms with E-state index in [0.29, 0.717) is 6.54 Å². The van der Waals surface area contributed by atoms with Gasteiger partial charge in [0.25, 0.3) is 0 Å². The zero-order chi connectivity index (χ0) is 10.7. The summed E-state index contributed by atoms with van der Waals surface area (Å²) in [5, 5.41) is 9.20. The van der Waals surface area contributed by atoms with Crippen LogP contribution in [0.3, 0.4) is 0 Å². The summed E-state index contributed by atoms with van der Waals surface area (Å²) in [6, 6.07) is 0. The average Bonchev–Trinajstić information content (AvgIpc) is 2.72. The molecule has 2 heterocycles. The molecule has 0 aliphatic rings. The molecule has 78 valence electrons. The first-order valence-corrected chi connectivity index (χ1v) is 4.53. The number of anilines is 1.